The van der Waals surface area contributed by atoms with E-state index < -0.39 is 0 Å². The minimum atomic E-state index is 0.225. The number of para-hydroxylation sites is 4. The van der Waals surface area contributed by atoms with Gasteiger partial charge in [-0.25, -0.2) is 19.9 Å². The minimum absolute atomic E-state index is 0.225. The van der Waals surface area contributed by atoms with Crippen molar-refractivity contribution in [2.75, 3.05) is 0 Å². The first-order valence-corrected chi connectivity index (χ1v) is 30.7. The van der Waals surface area contributed by atoms with E-state index in [-0.39, 0.29) is 5.28 Å². The molecule has 20 aromatic rings. The molecule has 0 bridgehead atoms. The van der Waals surface area contributed by atoms with E-state index in [0.717, 1.165) is 66.5 Å². The monoisotopic (exact) mass is 1170 g/mol. The molecule has 0 amide bonds. The maximum atomic E-state index is 6.42. The van der Waals surface area contributed by atoms with Gasteiger partial charge in [0.15, 0.2) is 11.2 Å². The molecule has 0 unspecified atom stereocenters. The zero-order valence-corrected chi connectivity index (χ0v) is 48.4. The number of rotatable bonds is 3. The molecule has 0 aliphatic heterocycles. The summed E-state index contributed by atoms with van der Waals surface area (Å²) in [5.74, 6) is 0.637. The lowest BCUT2D eigenvalue weighted by Gasteiger charge is -2.11. The first kappa shape index (κ1) is 49.7. The second kappa shape index (κ2) is 19.7. The molecule has 12 aromatic carbocycles. The van der Waals surface area contributed by atoms with E-state index in [4.69, 9.17) is 30.4 Å². The number of nitrogens with one attached hydrogen (secondary N) is 1. The summed E-state index contributed by atoms with van der Waals surface area (Å²) in [6.45, 7) is 0. The topological polar surface area (TPSA) is 98.6 Å². The molecule has 8 aromatic heterocycles. The molecule has 408 valence electrons. The Bertz CT molecular complexity index is 6070. The zero-order chi connectivity index (χ0) is 57.3. The summed E-state index contributed by atoms with van der Waals surface area (Å²) in [5.41, 5.74) is 12.7. The number of halogens is 1. The fourth-order valence-electron chi connectivity index (χ4n) is 13.2. The zero-order valence-electron chi connectivity index (χ0n) is 46.0. The Morgan fingerprint density at radius 1 is 0.356 bits per heavy atom. The number of thiophene rings is 2. The van der Waals surface area contributed by atoms with Crippen LogP contribution in [0.2, 0.25) is 5.28 Å². The van der Waals surface area contributed by atoms with Crippen LogP contribution in [0.4, 0.5) is 0 Å². The second-order valence-corrected chi connectivity index (χ2v) is 24.1. The van der Waals surface area contributed by atoms with Crippen LogP contribution >= 0.6 is 34.3 Å². The SMILES string of the molecule is Clc1nc(-c2ccccc2)c2oc3ccccc3c2n1.c1ccc(-c2nc(-n3c4ccccc4c4c5ccccc5c5c6ccccc6sc5c43)nc3c2oc2ccccc23)cc1.c1ccc2c(c1)[nH]c1c3sc4ccccc4c3c3ccccc3c21. The van der Waals surface area contributed by atoms with Crippen molar-refractivity contribution in [1.29, 1.82) is 0 Å². The molecule has 0 atom stereocenters. The summed E-state index contributed by atoms with van der Waals surface area (Å²) in [7, 11) is 0. The van der Waals surface area contributed by atoms with Crippen molar-refractivity contribution in [3.63, 3.8) is 0 Å². The minimum Gasteiger partial charge on any atom is -0.452 e. The number of benzene rings is 12. The largest absolute Gasteiger partial charge is 0.452 e. The molecule has 0 radical (unpaired) electrons. The fourth-order valence-corrected chi connectivity index (χ4v) is 15.8. The van der Waals surface area contributed by atoms with Gasteiger partial charge in [-0.3, -0.25) is 4.57 Å². The Labute approximate surface area is 507 Å². The van der Waals surface area contributed by atoms with E-state index in [2.05, 4.69) is 183 Å². The van der Waals surface area contributed by atoms with Crippen LogP contribution in [-0.2, 0) is 0 Å². The van der Waals surface area contributed by atoms with Gasteiger partial charge in [-0.2, -0.15) is 0 Å². The summed E-state index contributed by atoms with van der Waals surface area (Å²) < 4.78 is 19.8. The number of nitrogens with zero attached hydrogens (tertiary/aromatic N) is 5. The van der Waals surface area contributed by atoms with Crippen LogP contribution in [0.5, 0.6) is 0 Å². The molecule has 0 aliphatic rings. The standard InChI is InChI=1S/C38H21N3OS.C22H13NS.C16H9ClN2O/c1-2-12-22(13-3-1)33-36-34(26-17-7-10-20-29(26)42-36)40-38(39-33)41-28-19-9-6-16-25(28)31-23-14-4-5-15-24(23)32-27-18-8-11-21-30(27)43-37(32)35(31)41;1-2-8-14-13(7-1)19-15-9-3-5-11-17(15)23-21(19)22-20(14)16-10-4-6-12-18(16)24-22;17-16-18-13(10-6-2-1-3-7-10)15-14(19-16)11-8-4-5-9-12(11)20-15/h1-21H;1-12,23H;1-9H. The Hall–Kier alpha value is -10.8. The number of fused-ring (bicyclic) bond motifs is 26. The van der Waals surface area contributed by atoms with E-state index >= 15 is 0 Å². The number of hydrogen-bond acceptors (Lipinski definition) is 8. The molecule has 1 N–H and O–H groups in total. The third kappa shape index (κ3) is 7.68. The molecule has 0 saturated heterocycles. The maximum Gasteiger partial charge on any atom is 0.236 e. The molecular weight excluding hydrogens is 1130 g/mol. The average Bonchev–Trinajstić information content (AvgIpc) is 1.61. The maximum absolute atomic E-state index is 6.42. The fraction of sp³-hybridized carbons (Fsp3) is 0. The highest BCUT2D eigenvalue weighted by molar-refractivity contribution is 7.27. The smallest absolute Gasteiger partial charge is 0.236 e. The van der Waals surface area contributed by atoms with Crippen LogP contribution < -0.4 is 0 Å². The van der Waals surface area contributed by atoms with Crippen LogP contribution in [0, 0.1) is 0 Å². The molecule has 8 heterocycles. The van der Waals surface area contributed by atoms with Gasteiger partial charge in [-0.05, 0) is 81.7 Å². The molecule has 0 saturated carbocycles. The molecule has 11 heteroatoms. The summed E-state index contributed by atoms with van der Waals surface area (Å²) in [5, 5.41) is 17.7. The molecule has 0 aliphatic carbocycles. The molecule has 0 spiro atoms. The lowest BCUT2D eigenvalue weighted by Crippen LogP contribution is -2.03. The second-order valence-electron chi connectivity index (χ2n) is 21.7. The van der Waals surface area contributed by atoms with Gasteiger partial charge in [-0.1, -0.05) is 206 Å². The Morgan fingerprint density at radius 3 is 1.40 bits per heavy atom. The number of furan rings is 2. The highest BCUT2D eigenvalue weighted by Gasteiger charge is 2.26. The summed E-state index contributed by atoms with van der Waals surface area (Å²) in [6, 6.07) is 88.3. The van der Waals surface area contributed by atoms with E-state index in [1.165, 1.54) is 94.5 Å². The van der Waals surface area contributed by atoms with Crippen molar-refractivity contribution < 1.29 is 8.83 Å². The molecule has 0 fully saturated rings. The van der Waals surface area contributed by atoms with Crippen LogP contribution in [-0.4, -0.2) is 29.5 Å². The number of H-pyrrole nitrogens is 1. The molecular formula is C76H43ClN6O2S2. The quantitative estimate of drug-likeness (QED) is 0.177. The predicted molar refractivity (Wildman–Crippen MR) is 365 cm³/mol. The Kier molecular flexibility index (Phi) is 11.2. The van der Waals surface area contributed by atoms with Crippen LogP contribution in [0.1, 0.15) is 0 Å². The van der Waals surface area contributed by atoms with Crippen molar-refractivity contribution in [2.45, 2.75) is 0 Å². The van der Waals surface area contributed by atoms with Gasteiger partial charge < -0.3 is 13.8 Å². The van der Waals surface area contributed by atoms with Gasteiger partial charge in [0.1, 0.15) is 33.6 Å². The van der Waals surface area contributed by atoms with E-state index in [1.54, 1.807) is 0 Å². The normalized spacial score (nSPS) is 12.0. The molecule has 8 nitrogen and oxygen atoms in total. The lowest BCUT2D eigenvalue weighted by atomic mass is 9.99. The van der Waals surface area contributed by atoms with Gasteiger partial charge in [-0.15, -0.1) is 22.7 Å². The van der Waals surface area contributed by atoms with Gasteiger partial charge in [0.05, 0.1) is 25.9 Å². The van der Waals surface area contributed by atoms with Gasteiger partial charge in [0, 0.05) is 79.9 Å². The van der Waals surface area contributed by atoms with Crippen molar-refractivity contribution in [1.82, 2.24) is 29.5 Å². The lowest BCUT2D eigenvalue weighted by molar-refractivity contribution is 0.666. The highest BCUT2D eigenvalue weighted by atomic mass is 35.5. The van der Waals surface area contributed by atoms with E-state index in [9.17, 15) is 0 Å². The van der Waals surface area contributed by atoms with Gasteiger partial charge >= 0.3 is 0 Å². The van der Waals surface area contributed by atoms with Gasteiger partial charge in [0.2, 0.25) is 11.2 Å². The average molecular weight is 1170 g/mol. The Morgan fingerprint density at radius 2 is 0.793 bits per heavy atom. The summed E-state index contributed by atoms with van der Waals surface area (Å²) in [6.07, 6.45) is 0. The summed E-state index contributed by atoms with van der Waals surface area (Å²) >= 11 is 9.80. The van der Waals surface area contributed by atoms with Crippen molar-refractivity contribution >= 4 is 184 Å². The van der Waals surface area contributed by atoms with Crippen LogP contribution in [0.15, 0.2) is 264 Å². The van der Waals surface area contributed by atoms with Crippen LogP contribution in [0.25, 0.3) is 178 Å². The van der Waals surface area contributed by atoms with Crippen molar-refractivity contribution in [2.24, 2.45) is 0 Å². The number of aromatic amines is 1. The number of hydrogen-bond donors (Lipinski definition) is 1. The Balaban J connectivity index is 0.000000109. The van der Waals surface area contributed by atoms with E-state index in [1.807, 2.05) is 114 Å². The third-order valence-electron chi connectivity index (χ3n) is 16.8. The van der Waals surface area contributed by atoms with Crippen molar-refractivity contribution in [3.05, 3.63) is 260 Å². The van der Waals surface area contributed by atoms with Gasteiger partial charge in [0.25, 0.3) is 0 Å². The molecule has 20 rings (SSSR count). The van der Waals surface area contributed by atoms with E-state index in [0.29, 0.717) is 17.1 Å². The third-order valence-corrected chi connectivity index (χ3v) is 19.4. The highest BCUT2D eigenvalue weighted by Crippen LogP contribution is 2.49. The predicted octanol–water partition coefficient (Wildman–Crippen LogP) is 22.2. The first-order valence-electron chi connectivity index (χ1n) is 28.7. The molecule has 87 heavy (non-hydrogen) atoms. The summed E-state index contributed by atoms with van der Waals surface area (Å²) in [4.78, 5) is 22.9. The van der Waals surface area contributed by atoms with Crippen LogP contribution in [0.3, 0.4) is 0 Å². The van der Waals surface area contributed by atoms with Crippen molar-refractivity contribution in [3.8, 4) is 28.5 Å². The number of aromatic nitrogens is 6. The first-order chi connectivity index (χ1) is 43.1.